The van der Waals surface area contributed by atoms with Gasteiger partial charge in [0, 0.05) is 65.0 Å². The fraction of sp³-hybridized carbons (Fsp3) is 0.579. The molecule has 0 aromatic heterocycles. The van der Waals surface area contributed by atoms with Gasteiger partial charge >= 0.3 is 0 Å². The van der Waals surface area contributed by atoms with Gasteiger partial charge in [-0.1, -0.05) is 0 Å². The zero-order valence-corrected chi connectivity index (χ0v) is 16.1. The van der Waals surface area contributed by atoms with E-state index in [2.05, 4.69) is 15.1 Å². The van der Waals surface area contributed by atoms with Crippen molar-refractivity contribution >= 4 is 17.5 Å². The third kappa shape index (κ3) is 5.58. The molecule has 148 valence electrons. The molecule has 8 nitrogen and oxygen atoms in total. The summed E-state index contributed by atoms with van der Waals surface area (Å²) in [5, 5.41) is 2.92. The lowest BCUT2D eigenvalue weighted by Crippen LogP contribution is -2.49. The number of nitrogens with zero attached hydrogens (tertiary/aromatic N) is 3. The van der Waals surface area contributed by atoms with Gasteiger partial charge in [0.1, 0.15) is 13.2 Å². The number of hydrogen-bond acceptors (Lipinski definition) is 6. The van der Waals surface area contributed by atoms with Gasteiger partial charge in [0.2, 0.25) is 11.8 Å². The summed E-state index contributed by atoms with van der Waals surface area (Å²) in [7, 11) is 3.55. The summed E-state index contributed by atoms with van der Waals surface area (Å²) in [4.78, 5) is 30.1. The summed E-state index contributed by atoms with van der Waals surface area (Å²) in [6.07, 6.45) is 0.436. The molecule has 1 saturated heterocycles. The molecule has 0 radical (unpaired) electrons. The SMILES string of the molecule is CN(C)C(=O)CN1CCN(CCC(=O)Nc2ccc3c(c2)OCCO3)CC1. The Hall–Kier alpha value is -2.32. The normalized spacial score (nSPS) is 17.4. The second-order valence-electron chi connectivity index (χ2n) is 7.06. The standard InChI is InChI=1S/C19H28N4O4/c1-21(2)19(25)14-23-9-7-22(8-10-23)6-5-18(24)20-15-3-4-16-17(13-15)27-12-11-26-16/h3-4,13H,5-12,14H2,1-2H3,(H,20,24). The maximum absolute atomic E-state index is 12.2. The van der Waals surface area contributed by atoms with E-state index in [1.807, 2.05) is 12.1 Å². The second kappa shape index (κ2) is 9.05. The highest BCUT2D eigenvalue weighted by Crippen LogP contribution is 2.32. The van der Waals surface area contributed by atoms with Crippen LogP contribution in [0.25, 0.3) is 0 Å². The zero-order chi connectivity index (χ0) is 19.2. The van der Waals surface area contributed by atoms with Crippen LogP contribution in [-0.2, 0) is 9.59 Å². The maximum atomic E-state index is 12.2. The van der Waals surface area contributed by atoms with E-state index < -0.39 is 0 Å². The largest absolute Gasteiger partial charge is 0.486 e. The van der Waals surface area contributed by atoms with Crippen LogP contribution < -0.4 is 14.8 Å². The number of likely N-dealkylation sites (N-methyl/N-ethyl adjacent to an activating group) is 1. The Labute approximate surface area is 160 Å². The molecule has 1 aromatic rings. The first-order valence-corrected chi connectivity index (χ1v) is 9.35. The zero-order valence-electron chi connectivity index (χ0n) is 16.1. The molecule has 2 heterocycles. The quantitative estimate of drug-likeness (QED) is 0.779. The first-order chi connectivity index (χ1) is 13.0. The van der Waals surface area contributed by atoms with Crippen molar-refractivity contribution in [1.29, 1.82) is 0 Å². The predicted molar refractivity (Wildman–Crippen MR) is 102 cm³/mol. The molecule has 0 atom stereocenters. The molecule has 0 bridgehead atoms. The molecule has 0 aliphatic carbocycles. The van der Waals surface area contributed by atoms with Gasteiger partial charge in [0.15, 0.2) is 11.5 Å². The number of amides is 2. The van der Waals surface area contributed by atoms with Gasteiger partial charge in [-0.3, -0.25) is 14.5 Å². The first-order valence-electron chi connectivity index (χ1n) is 9.35. The lowest BCUT2D eigenvalue weighted by atomic mass is 10.2. The van der Waals surface area contributed by atoms with Crippen LogP contribution >= 0.6 is 0 Å². The fourth-order valence-electron chi connectivity index (χ4n) is 3.11. The van der Waals surface area contributed by atoms with Crippen molar-refractivity contribution in [3.05, 3.63) is 18.2 Å². The van der Waals surface area contributed by atoms with Crippen molar-refractivity contribution in [2.45, 2.75) is 6.42 Å². The minimum atomic E-state index is -0.0168. The average molecular weight is 376 g/mol. The molecule has 0 saturated carbocycles. The highest BCUT2D eigenvalue weighted by molar-refractivity contribution is 5.91. The summed E-state index contributed by atoms with van der Waals surface area (Å²) in [6.45, 7) is 5.70. The van der Waals surface area contributed by atoms with E-state index >= 15 is 0 Å². The molecule has 27 heavy (non-hydrogen) atoms. The Morgan fingerprint density at radius 1 is 1.04 bits per heavy atom. The summed E-state index contributed by atoms with van der Waals surface area (Å²) in [5.41, 5.74) is 0.719. The fourth-order valence-corrected chi connectivity index (χ4v) is 3.11. The Bertz CT molecular complexity index is 672. The Morgan fingerprint density at radius 2 is 1.70 bits per heavy atom. The van der Waals surface area contributed by atoms with Gasteiger partial charge in [-0.05, 0) is 12.1 Å². The Kier molecular flexibility index (Phi) is 6.52. The van der Waals surface area contributed by atoms with Crippen LogP contribution in [0.3, 0.4) is 0 Å². The van der Waals surface area contributed by atoms with Gasteiger partial charge in [-0.25, -0.2) is 0 Å². The number of benzene rings is 1. The minimum absolute atomic E-state index is 0.0168. The Balaban J connectivity index is 1.38. The average Bonchev–Trinajstić information content (AvgIpc) is 2.67. The topological polar surface area (TPSA) is 74.4 Å². The lowest BCUT2D eigenvalue weighted by molar-refractivity contribution is -0.130. The molecule has 2 amide bonds. The molecule has 3 rings (SSSR count). The number of nitrogens with one attached hydrogen (secondary N) is 1. The number of hydrogen-bond donors (Lipinski definition) is 1. The van der Waals surface area contributed by atoms with Crippen LogP contribution in [0.5, 0.6) is 11.5 Å². The predicted octanol–water partition coefficient (Wildman–Crippen LogP) is 0.492. The van der Waals surface area contributed by atoms with E-state index in [1.165, 1.54) is 0 Å². The van der Waals surface area contributed by atoms with Crippen molar-refractivity contribution in [3.63, 3.8) is 0 Å². The first kappa shape index (κ1) is 19.4. The van der Waals surface area contributed by atoms with Crippen molar-refractivity contribution in [2.75, 3.05) is 71.9 Å². The van der Waals surface area contributed by atoms with Gasteiger partial charge in [0.05, 0.1) is 6.54 Å². The smallest absolute Gasteiger partial charge is 0.236 e. The van der Waals surface area contributed by atoms with Crippen molar-refractivity contribution in [1.82, 2.24) is 14.7 Å². The van der Waals surface area contributed by atoms with E-state index in [1.54, 1.807) is 25.1 Å². The van der Waals surface area contributed by atoms with Gasteiger partial charge < -0.3 is 24.6 Å². The maximum Gasteiger partial charge on any atom is 0.236 e. The molecule has 2 aliphatic heterocycles. The number of carbonyl (C=O) groups excluding carboxylic acids is 2. The van der Waals surface area contributed by atoms with Gasteiger partial charge in [-0.15, -0.1) is 0 Å². The highest BCUT2D eigenvalue weighted by Gasteiger charge is 2.20. The van der Waals surface area contributed by atoms with E-state index in [9.17, 15) is 9.59 Å². The van der Waals surface area contributed by atoms with Crippen LogP contribution in [0.4, 0.5) is 5.69 Å². The van der Waals surface area contributed by atoms with E-state index in [0.717, 1.165) is 31.9 Å². The molecule has 0 unspecified atom stereocenters. The molecule has 0 spiro atoms. The molecule has 1 aromatic carbocycles. The second-order valence-corrected chi connectivity index (χ2v) is 7.06. The van der Waals surface area contributed by atoms with E-state index in [0.29, 0.717) is 44.2 Å². The van der Waals surface area contributed by atoms with Gasteiger partial charge in [-0.2, -0.15) is 0 Å². The van der Waals surface area contributed by atoms with Crippen molar-refractivity contribution in [2.24, 2.45) is 0 Å². The third-order valence-corrected chi connectivity index (χ3v) is 4.80. The number of piperazine rings is 1. The number of rotatable bonds is 6. The molecular formula is C19H28N4O4. The van der Waals surface area contributed by atoms with E-state index in [-0.39, 0.29) is 11.8 Å². The number of fused-ring (bicyclic) bond motifs is 1. The summed E-state index contributed by atoms with van der Waals surface area (Å²) in [6, 6.07) is 5.44. The summed E-state index contributed by atoms with van der Waals surface area (Å²) in [5.74, 6) is 1.49. The van der Waals surface area contributed by atoms with E-state index in [4.69, 9.17) is 9.47 Å². The molecule has 1 fully saturated rings. The number of carbonyl (C=O) groups is 2. The van der Waals surface area contributed by atoms with Crippen LogP contribution in [0.2, 0.25) is 0 Å². The Morgan fingerprint density at radius 3 is 2.41 bits per heavy atom. The number of anilines is 1. The molecule has 1 N–H and O–H groups in total. The van der Waals surface area contributed by atoms with Crippen molar-refractivity contribution in [3.8, 4) is 11.5 Å². The molecule has 8 heteroatoms. The lowest BCUT2D eigenvalue weighted by Gasteiger charge is -2.34. The van der Waals surface area contributed by atoms with Crippen LogP contribution in [-0.4, -0.2) is 93.1 Å². The third-order valence-electron chi connectivity index (χ3n) is 4.80. The summed E-state index contributed by atoms with van der Waals surface area (Å²) < 4.78 is 11.0. The van der Waals surface area contributed by atoms with Crippen molar-refractivity contribution < 1.29 is 19.1 Å². The van der Waals surface area contributed by atoms with Gasteiger partial charge in [0.25, 0.3) is 0 Å². The monoisotopic (exact) mass is 376 g/mol. The molecular weight excluding hydrogens is 348 g/mol. The number of ether oxygens (including phenoxy) is 2. The van der Waals surface area contributed by atoms with Crippen LogP contribution in [0.1, 0.15) is 6.42 Å². The summed E-state index contributed by atoms with van der Waals surface area (Å²) >= 11 is 0. The van der Waals surface area contributed by atoms with Crippen LogP contribution in [0, 0.1) is 0 Å². The van der Waals surface area contributed by atoms with Crippen LogP contribution in [0.15, 0.2) is 18.2 Å². The minimum Gasteiger partial charge on any atom is -0.486 e. The molecule has 2 aliphatic rings. The highest BCUT2D eigenvalue weighted by atomic mass is 16.6.